The van der Waals surface area contributed by atoms with Gasteiger partial charge in [0.2, 0.25) is 0 Å². The van der Waals surface area contributed by atoms with Crippen LogP contribution < -0.4 is 0 Å². The third-order valence-electron chi connectivity index (χ3n) is 5.46. The van der Waals surface area contributed by atoms with Gasteiger partial charge in [-0.1, -0.05) is 112 Å². The van der Waals surface area contributed by atoms with Crippen molar-refractivity contribution in [3.8, 4) is 0 Å². The van der Waals surface area contributed by atoms with E-state index in [0.717, 1.165) is 16.7 Å². The first-order valence-electron chi connectivity index (χ1n) is 10.2. The van der Waals surface area contributed by atoms with Crippen LogP contribution in [-0.4, -0.2) is 15.3 Å². The van der Waals surface area contributed by atoms with Crippen molar-refractivity contribution in [1.82, 2.24) is 9.55 Å². The molecule has 150 valence electrons. The molecular weight excluding hydrogens is 368 g/mol. The molecule has 1 aromatic heterocycles. The lowest BCUT2D eigenvalue weighted by Gasteiger charge is -2.37. The number of benzene rings is 3. The Morgan fingerprint density at radius 1 is 0.700 bits per heavy atom. The average Bonchev–Trinajstić information content (AvgIpc) is 3.26. The third kappa shape index (κ3) is 3.37. The summed E-state index contributed by atoms with van der Waals surface area (Å²) in [5.74, 6) is 0.0318. The van der Waals surface area contributed by atoms with Crippen LogP contribution in [-0.2, 0) is 5.54 Å². The smallest absolute Gasteiger partial charge is 0.188 e. The van der Waals surface area contributed by atoms with Gasteiger partial charge in [0.25, 0.3) is 0 Å². The van der Waals surface area contributed by atoms with Crippen molar-refractivity contribution in [2.75, 3.05) is 0 Å². The fraction of sp³-hybridized carbons (Fsp3) is 0.185. The number of hydrogen-bond donors (Lipinski definition) is 0. The molecule has 0 N–H and O–H groups in total. The number of Topliss-reactive ketones (excluding diaryl/α,β-unsaturated/α-hetero) is 1. The number of aromatic nitrogens is 2. The molecule has 4 aromatic rings. The van der Waals surface area contributed by atoms with Crippen LogP contribution >= 0.6 is 0 Å². The first-order chi connectivity index (χ1) is 14.4. The van der Waals surface area contributed by atoms with Crippen molar-refractivity contribution in [2.24, 2.45) is 5.41 Å². The van der Waals surface area contributed by atoms with Gasteiger partial charge >= 0.3 is 0 Å². The van der Waals surface area contributed by atoms with Gasteiger partial charge in [0.1, 0.15) is 11.2 Å². The van der Waals surface area contributed by atoms with E-state index >= 15 is 0 Å². The Morgan fingerprint density at radius 3 is 1.47 bits per heavy atom. The number of imidazole rings is 1. The van der Waals surface area contributed by atoms with E-state index < -0.39 is 11.0 Å². The van der Waals surface area contributed by atoms with Gasteiger partial charge in [-0.3, -0.25) is 4.79 Å². The van der Waals surface area contributed by atoms with Crippen LogP contribution in [0.2, 0.25) is 0 Å². The minimum Gasteiger partial charge on any atom is -0.318 e. The maximum Gasteiger partial charge on any atom is 0.188 e. The van der Waals surface area contributed by atoms with E-state index in [2.05, 4.69) is 45.9 Å². The van der Waals surface area contributed by atoms with Crippen molar-refractivity contribution in [2.45, 2.75) is 26.3 Å². The fourth-order valence-corrected chi connectivity index (χ4v) is 3.99. The van der Waals surface area contributed by atoms with E-state index in [1.807, 2.05) is 81.6 Å². The summed E-state index contributed by atoms with van der Waals surface area (Å²) in [7, 11) is 0. The molecule has 0 atom stereocenters. The highest BCUT2D eigenvalue weighted by atomic mass is 16.1. The minimum atomic E-state index is -0.646. The Hall–Kier alpha value is -3.46. The molecule has 1 heterocycles. The van der Waals surface area contributed by atoms with E-state index in [9.17, 15) is 4.79 Å². The molecule has 3 aromatic carbocycles. The number of ketones is 1. The molecule has 3 heteroatoms. The molecule has 0 aliphatic rings. The molecule has 0 radical (unpaired) electrons. The van der Waals surface area contributed by atoms with E-state index in [1.165, 1.54) is 0 Å². The summed E-state index contributed by atoms with van der Waals surface area (Å²) in [6.07, 6.45) is 3.67. The molecule has 0 amide bonds. The molecule has 0 unspecified atom stereocenters. The van der Waals surface area contributed by atoms with Crippen LogP contribution in [0.3, 0.4) is 0 Å². The topological polar surface area (TPSA) is 34.9 Å². The fourth-order valence-electron chi connectivity index (χ4n) is 3.99. The van der Waals surface area contributed by atoms with Crippen LogP contribution in [0.1, 0.15) is 48.0 Å². The van der Waals surface area contributed by atoms with Gasteiger partial charge in [0, 0.05) is 11.6 Å². The molecule has 4 rings (SSSR count). The van der Waals surface area contributed by atoms with Crippen molar-refractivity contribution in [3.63, 3.8) is 0 Å². The molecular formula is C27H26N2O. The third-order valence-corrected chi connectivity index (χ3v) is 5.46. The number of carbonyl (C=O) groups excluding carboxylic acids is 1. The van der Waals surface area contributed by atoms with E-state index in [0.29, 0.717) is 5.69 Å². The lowest BCUT2D eigenvalue weighted by Crippen LogP contribution is -2.37. The minimum absolute atomic E-state index is 0.0318. The van der Waals surface area contributed by atoms with E-state index in [1.54, 1.807) is 6.33 Å². The van der Waals surface area contributed by atoms with Crippen LogP contribution in [0.25, 0.3) is 0 Å². The monoisotopic (exact) mass is 394 g/mol. The molecule has 0 saturated carbocycles. The highest BCUT2D eigenvalue weighted by Gasteiger charge is 2.39. The highest BCUT2D eigenvalue weighted by molar-refractivity contribution is 5.98. The van der Waals surface area contributed by atoms with Crippen LogP contribution in [0.4, 0.5) is 0 Å². The predicted molar refractivity (Wildman–Crippen MR) is 121 cm³/mol. The summed E-state index contributed by atoms with van der Waals surface area (Å²) in [5, 5.41) is 0. The lowest BCUT2D eigenvalue weighted by atomic mass is 9.76. The molecule has 3 nitrogen and oxygen atoms in total. The average molecular weight is 395 g/mol. The largest absolute Gasteiger partial charge is 0.318 e. The highest BCUT2D eigenvalue weighted by Crippen LogP contribution is 2.41. The molecule has 0 fully saturated rings. The Bertz CT molecular complexity index is 1030. The van der Waals surface area contributed by atoms with Gasteiger partial charge in [-0.25, -0.2) is 4.98 Å². The van der Waals surface area contributed by atoms with Gasteiger partial charge in [0.15, 0.2) is 5.78 Å². The summed E-state index contributed by atoms with van der Waals surface area (Å²) in [4.78, 5) is 17.5. The lowest BCUT2D eigenvalue weighted by molar-refractivity contribution is 0.0853. The molecule has 0 aliphatic heterocycles. The Balaban J connectivity index is 2.04. The summed E-state index contributed by atoms with van der Waals surface area (Å²) >= 11 is 0. The molecule has 30 heavy (non-hydrogen) atoms. The first-order valence-corrected chi connectivity index (χ1v) is 10.2. The maximum atomic E-state index is 12.9. The second-order valence-electron chi connectivity index (χ2n) is 8.55. The normalized spacial score (nSPS) is 12.0. The van der Waals surface area contributed by atoms with Crippen molar-refractivity contribution < 1.29 is 4.79 Å². The second kappa shape index (κ2) is 7.75. The van der Waals surface area contributed by atoms with Gasteiger partial charge < -0.3 is 4.57 Å². The van der Waals surface area contributed by atoms with E-state index in [4.69, 9.17) is 0 Å². The summed E-state index contributed by atoms with van der Waals surface area (Å²) in [6.45, 7) is 5.77. The molecule has 0 saturated heterocycles. The number of nitrogens with zero attached hydrogens (tertiary/aromatic N) is 2. The summed E-state index contributed by atoms with van der Waals surface area (Å²) in [5.41, 5.74) is 2.66. The van der Waals surface area contributed by atoms with Gasteiger partial charge in [0.05, 0.1) is 6.33 Å². The second-order valence-corrected chi connectivity index (χ2v) is 8.55. The molecule has 0 spiro atoms. The Labute approximate surface area is 178 Å². The van der Waals surface area contributed by atoms with Gasteiger partial charge in [-0.05, 0) is 16.7 Å². The quantitative estimate of drug-likeness (QED) is 0.310. The first kappa shape index (κ1) is 19.8. The van der Waals surface area contributed by atoms with Crippen molar-refractivity contribution in [3.05, 3.63) is 126 Å². The predicted octanol–water partition coefficient (Wildman–Crippen LogP) is 5.95. The summed E-state index contributed by atoms with van der Waals surface area (Å²) in [6, 6.07) is 31.1. The van der Waals surface area contributed by atoms with Crippen LogP contribution in [0.5, 0.6) is 0 Å². The summed E-state index contributed by atoms with van der Waals surface area (Å²) < 4.78 is 2.08. The zero-order valence-corrected chi connectivity index (χ0v) is 17.6. The Kier molecular flexibility index (Phi) is 5.13. The zero-order chi connectivity index (χ0) is 21.2. The molecule has 0 bridgehead atoms. The van der Waals surface area contributed by atoms with Gasteiger partial charge in [-0.15, -0.1) is 0 Å². The number of rotatable bonds is 5. The van der Waals surface area contributed by atoms with Gasteiger partial charge in [-0.2, -0.15) is 0 Å². The number of hydrogen-bond acceptors (Lipinski definition) is 2. The van der Waals surface area contributed by atoms with Crippen molar-refractivity contribution >= 4 is 5.78 Å². The zero-order valence-electron chi connectivity index (χ0n) is 17.6. The van der Waals surface area contributed by atoms with E-state index in [-0.39, 0.29) is 5.78 Å². The SMILES string of the molecule is CC(C)(C)C(=O)c1cn(C(c2ccccc2)(c2ccccc2)c2ccccc2)cn1. The van der Waals surface area contributed by atoms with Crippen LogP contribution in [0.15, 0.2) is 104 Å². The number of carbonyl (C=O) groups is 1. The standard InChI is InChI=1S/C27H26N2O/c1-26(2,3)25(30)24-19-29(20-28-24)27(21-13-7-4-8-14-21,22-15-9-5-10-16-22)23-17-11-6-12-18-23/h4-20H,1-3H3. The molecule has 0 aliphatic carbocycles. The Morgan fingerprint density at radius 2 is 1.10 bits per heavy atom. The van der Waals surface area contributed by atoms with Crippen LogP contribution in [0, 0.1) is 5.41 Å². The maximum absolute atomic E-state index is 12.9. The van der Waals surface area contributed by atoms with Crippen molar-refractivity contribution in [1.29, 1.82) is 0 Å².